The molecule has 1 saturated carbocycles. The fraction of sp³-hybridized carbons (Fsp3) is 0.462. The number of hydrogen-bond acceptors (Lipinski definition) is 3. The number of carboxylic acid groups (broad SMARTS) is 1. The highest BCUT2D eigenvalue weighted by Gasteiger charge is 2.48. The number of carbonyl (C=O) groups is 1. The molecule has 0 aromatic heterocycles. The molecule has 1 aliphatic carbocycles. The summed E-state index contributed by atoms with van der Waals surface area (Å²) in [5, 5.41) is 9.94. The Labute approximate surface area is 109 Å². The van der Waals surface area contributed by atoms with Crippen LogP contribution in [0.4, 0.5) is 0 Å². The number of ether oxygens (including phenoxy) is 2. The molecule has 1 heterocycles. The van der Waals surface area contributed by atoms with E-state index in [-0.39, 0.29) is 0 Å². The van der Waals surface area contributed by atoms with Crippen molar-refractivity contribution in [1.82, 2.24) is 0 Å². The zero-order valence-corrected chi connectivity index (χ0v) is 10.5. The number of halogens is 1. The van der Waals surface area contributed by atoms with E-state index in [4.69, 9.17) is 21.1 Å². The largest absolute Gasteiger partial charge is 0.486 e. The van der Waals surface area contributed by atoms with Gasteiger partial charge < -0.3 is 14.6 Å². The third kappa shape index (κ3) is 1.48. The molecule has 0 amide bonds. The molecule has 0 radical (unpaired) electrons. The van der Waals surface area contributed by atoms with E-state index in [1.165, 1.54) is 0 Å². The van der Waals surface area contributed by atoms with Crippen molar-refractivity contribution in [2.24, 2.45) is 0 Å². The molecule has 3 rings (SSSR count). The molecule has 1 fully saturated rings. The van der Waals surface area contributed by atoms with Crippen LogP contribution in [0.2, 0.25) is 5.02 Å². The van der Waals surface area contributed by atoms with Gasteiger partial charge in [-0.25, -0.2) is 0 Å². The van der Waals surface area contributed by atoms with Crippen molar-refractivity contribution in [3.63, 3.8) is 0 Å². The van der Waals surface area contributed by atoms with Gasteiger partial charge in [0.1, 0.15) is 13.2 Å². The number of hydrogen-bond donors (Lipinski definition) is 1. The molecule has 1 aromatic rings. The van der Waals surface area contributed by atoms with Gasteiger partial charge >= 0.3 is 5.97 Å². The van der Waals surface area contributed by atoms with Gasteiger partial charge in [-0.15, -0.1) is 0 Å². The summed E-state index contributed by atoms with van der Waals surface area (Å²) in [7, 11) is 0. The number of carboxylic acids is 1. The number of fused-ring (bicyclic) bond motifs is 1. The molecule has 0 saturated heterocycles. The Balaban J connectivity index is 2.15. The van der Waals surface area contributed by atoms with Crippen molar-refractivity contribution in [2.45, 2.75) is 24.7 Å². The van der Waals surface area contributed by atoms with E-state index >= 15 is 0 Å². The number of rotatable bonds is 2. The molecule has 0 spiro atoms. The first-order chi connectivity index (χ1) is 8.65. The van der Waals surface area contributed by atoms with Crippen LogP contribution in [-0.2, 0) is 10.2 Å². The predicted octanol–water partition coefficient (Wildman–Crippen LogP) is 2.62. The maximum atomic E-state index is 11.5. The van der Waals surface area contributed by atoms with Gasteiger partial charge in [0.25, 0.3) is 0 Å². The van der Waals surface area contributed by atoms with Crippen molar-refractivity contribution in [1.29, 1.82) is 0 Å². The summed E-state index contributed by atoms with van der Waals surface area (Å²) < 4.78 is 11.1. The van der Waals surface area contributed by atoms with E-state index in [1.807, 2.05) is 0 Å². The summed E-state index contributed by atoms with van der Waals surface area (Å²) in [6.45, 7) is 0.867. The van der Waals surface area contributed by atoms with E-state index in [2.05, 4.69) is 0 Å². The molecule has 1 aromatic carbocycles. The summed E-state index contributed by atoms with van der Waals surface area (Å²) in [5.41, 5.74) is -0.129. The average molecular weight is 269 g/mol. The minimum Gasteiger partial charge on any atom is -0.486 e. The minimum absolute atomic E-state index is 0.427. The molecule has 0 unspecified atom stereocenters. The van der Waals surface area contributed by atoms with Gasteiger partial charge in [0, 0.05) is 5.56 Å². The second kappa shape index (κ2) is 4.05. The van der Waals surface area contributed by atoms with Gasteiger partial charge in [-0.05, 0) is 18.9 Å². The molecule has 96 valence electrons. The van der Waals surface area contributed by atoms with Gasteiger partial charge in [0.05, 0.1) is 10.4 Å². The van der Waals surface area contributed by atoms with Crippen LogP contribution in [0.5, 0.6) is 11.5 Å². The Morgan fingerprint density at radius 2 is 1.89 bits per heavy atom. The van der Waals surface area contributed by atoms with Crippen LogP contribution in [0, 0.1) is 0 Å². The van der Waals surface area contributed by atoms with Gasteiger partial charge in [0.15, 0.2) is 11.5 Å². The second-order valence-corrected chi connectivity index (χ2v) is 5.10. The maximum absolute atomic E-state index is 11.5. The standard InChI is InChI=1S/C13H13ClO4/c14-9-3-2-8(10-11(9)18-7-6-17-10)13(12(15)16)4-1-5-13/h2-3H,1,4-7H2,(H,15,16). The van der Waals surface area contributed by atoms with Crippen LogP contribution < -0.4 is 9.47 Å². The normalized spacial score (nSPS) is 20.1. The zero-order valence-electron chi connectivity index (χ0n) is 9.74. The molecule has 0 atom stereocenters. The van der Waals surface area contributed by atoms with Crippen LogP contribution in [0.1, 0.15) is 24.8 Å². The Kier molecular flexibility index (Phi) is 2.63. The summed E-state index contributed by atoms with van der Waals surface area (Å²) >= 11 is 6.05. The fourth-order valence-corrected chi connectivity index (χ4v) is 2.81. The quantitative estimate of drug-likeness (QED) is 0.896. The van der Waals surface area contributed by atoms with Crippen LogP contribution >= 0.6 is 11.6 Å². The zero-order chi connectivity index (χ0) is 12.8. The lowest BCUT2D eigenvalue weighted by Gasteiger charge is -2.39. The van der Waals surface area contributed by atoms with Crippen molar-refractivity contribution in [2.75, 3.05) is 13.2 Å². The SMILES string of the molecule is O=C(O)C1(c2ccc(Cl)c3c2OCCO3)CCC1. The minimum atomic E-state index is -0.824. The highest BCUT2D eigenvalue weighted by Crippen LogP contribution is 2.52. The number of benzene rings is 1. The third-order valence-corrected chi connectivity index (χ3v) is 4.07. The van der Waals surface area contributed by atoms with Gasteiger partial charge in [-0.3, -0.25) is 4.79 Å². The van der Waals surface area contributed by atoms with Crippen molar-refractivity contribution < 1.29 is 19.4 Å². The van der Waals surface area contributed by atoms with E-state index in [1.54, 1.807) is 12.1 Å². The van der Waals surface area contributed by atoms with Gasteiger partial charge in [0.2, 0.25) is 0 Å². The molecular weight excluding hydrogens is 256 g/mol. The van der Waals surface area contributed by atoms with Crippen molar-refractivity contribution >= 4 is 17.6 Å². The van der Waals surface area contributed by atoms with E-state index < -0.39 is 11.4 Å². The first kappa shape index (κ1) is 11.7. The summed E-state index contributed by atoms with van der Waals surface area (Å²) in [6.07, 6.45) is 2.20. The summed E-state index contributed by atoms with van der Waals surface area (Å²) in [4.78, 5) is 11.5. The molecule has 5 heteroatoms. The molecule has 18 heavy (non-hydrogen) atoms. The van der Waals surface area contributed by atoms with Crippen molar-refractivity contribution in [3.05, 3.63) is 22.7 Å². The van der Waals surface area contributed by atoms with Crippen molar-refractivity contribution in [3.8, 4) is 11.5 Å². The lowest BCUT2D eigenvalue weighted by Crippen LogP contribution is -2.43. The smallest absolute Gasteiger partial charge is 0.314 e. The topological polar surface area (TPSA) is 55.8 Å². The van der Waals surface area contributed by atoms with Crippen LogP contribution in [0.15, 0.2) is 12.1 Å². The summed E-state index contributed by atoms with van der Waals surface area (Å²) in [5.74, 6) is 0.191. The Morgan fingerprint density at radius 1 is 1.22 bits per heavy atom. The molecule has 0 bridgehead atoms. The highest BCUT2D eigenvalue weighted by molar-refractivity contribution is 6.32. The molecule has 2 aliphatic rings. The maximum Gasteiger partial charge on any atom is 0.314 e. The van der Waals surface area contributed by atoms with Gasteiger partial charge in [-0.2, -0.15) is 0 Å². The number of aliphatic carboxylic acids is 1. The fourth-order valence-electron chi connectivity index (χ4n) is 2.61. The van der Waals surface area contributed by atoms with Crippen LogP contribution in [0.25, 0.3) is 0 Å². The Hall–Kier alpha value is -1.42. The monoisotopic (exact) mass is 268 g/mol. The van der Waals surface area contributed by atoms with E-state index in [0.29, 0.717) is 48.1 Å². The second-order valence-electron chi connectivity index (χ2n) is 4.69. The lowest BCUT2D eigenvalue weighted by molar-refractivity contribution is -0.147. The molecule has 1 N–H and O–H groups in total. The Bertz CT molecular complexity index is 508. The van der Waals surface area contributed by atoms with E-state index in [0.717, 1.165) is 6.42 Å². The Morgan fingerprint density at radius 3 is 2.44 bits per heavy atom. The van der Waals surface area contributed by atoms with Crippen LogP contribution in [-0.4, -0.2) is 24.3 Å². The summed E-state index contributed by atoms with van der Waals surface area (Å²) in [6, 6.07) is 3.44. The first-order valence-corrected chi connectivity index (χ1v) is 6.35. The van der Waals surface area contributed by atoms with Crippen LogP contribution in [0.3, 0.4) is 0 Å². The highest BCUT2D eigenvalue weighted by atomic mass is 35.5. The molecule has 1 aliphatic heterocycles. The lowest BCUT2D eigenvalue weighted by atomic mass is 9.64. The molecule has 4 nitrogen and oxygen atoms in total. The predicted molar refractivity (Wildman–Crippen MR) is 65.6 cm³/mol. The third-order valence-electron chi connectivity index (χ3n) is 3.77. The van der Waals surface area contributed by atoms with E-state index in [9.17, 15) is 9.90 Å². The molecular formula is C13H13ClO4. The average Bonchev–Trinajstić information content (AvgIpc) is 2.30. The first-order valence-electron chi connectivity index (χ1n) is 5.97. The van der Waals surface area contributed by atoms with Gasteiger partial charge in [-0.1, -0.05) is 24.1 Å².